The summed E-state index contributed by atoms with van der Waals surface area (Å²) in [4.78, 5) is 7.98. The third-order valence-electron chi connectivity index (χ3n) is 1.61. The van der Waals surface area contributed by atoms with Crippen LogP contribution in [-0.4, -0.2) is 27.7 Å². The molecule has 1 unspecified atom stereocenters. The van der Waals surface area contributed by atoms with Gasteiger partial charge in [-0.05, 0) is 35.9 Å². The van der Waals surface area contributed by atoms with Crippen LogP contribution in [-0.2, 0) is 0 Å². The molecule has 2 N–H and O–H groups in total. The Balaban J connectivity index is 2.58. The number of halogens is 1. The molecule has 0 fully saturated rings. The van der Waals surface area contributed by atoms with Crippen LogP contribution in [0.25, 0.3) is 0 Å². The number of hydrogen-bond acceptors (Lipinski definition) is 4. The van der Waals surface area contributed by atoms with Crippen molar-refractivity contribution in [2.24, 2.45) is 0 Å². The van der Waals surface area contributed by atoms with E-state index >= 15 is 0 Å². The molecular formula is C8H12IN3O. The number of aliphatic hydroxyl groups excluding tert-OH is 1. The molecule has 0 aliphatic carbocycles. The van der Waals surface area contributed by atoms with Gasteiger partial charge in [-0.15, -0.1) is 0 Å². The SMILES string of the molecule is CC(CCO)Nc1ncncc1I. The minimum Gasteiger partial charge on any atom is -0.396 e. The molecule has 4 nitrogen and oxygen atoms in total. The van der Waals surface area contributed by atoms with Crippen molar-refractivity contribution in [3.63, 3.8) is 0 Å². The first-order valence-corrected chi connectivity index (χ1v) is 5.15. The van der Waals surface area contributed by atoms with E-state index in [1.165, 1.54) is 6.33 Å². The average molecular weight is 293 g/mol. The Morgan fingerprint density at radius 3 is 3.08 bits per heavy atom. The van der Waals surface area contributed by atoms with Crippen molar-refractivity contribution in [3.05, 3.63) is 16.1 Å². The summed E-state index contributed by atoms with van der Waals surface area (Å²) in [5.41, 5.74) is 0. The van der Waals surface area contributed by atoms with Crippen LogP contribution in [0.15, 0.2) is 12.5 Å². The summed E-state index contributed by atoms with van der Waals surface area (Å²) in [5, 5.41) is 11.9. The molecule has 1 atom stereocenters. The molecule has 72 valence electrons. The van der Waals surface area contributed by atoms with Gasteiger partial charge >= 0.3 is 0 Å². The fourth-order valence-corrected chi connectivity index (χ4v) is 1.37. The molecule has 5 heteroatoms. The van der Waals surface area contributed by atoms with Gasteiger partial charge in [0.2, 0.25) is 0 Å². The Morgan fingerprint density at radius 1 is 1.69 bits per heavy atom. The topological polar surface area (TPSA) is 58.0 Å². The lowest BCUT2D eigenvalue weighted by Crippen LogP contribution is -2.18. The van der Waals surface area contributed by atoms with Crippen molar-refractivity contribution in [1.82, 2.24) is 9.97 Å². The third kappa shape index (κ3) is 3.43. The second kappa shape index (κ2) is 5.33. The highest BCUT2D eigenvalue weighted by molar-refractivity contribution is 14.1. The first-order chi connectivity index (χ1) is 6.24. The summed E-state index contributed by atoms with van der Waals surface area (Å²) in [6.07, 6.45) is 3.98. The fourth-order valence-electron chi connectivity index (χ4n) is 0.918. The molecule has 0 aliphatic heterocycles. The zero-order valence-corrected chi connectivity index (χ0v) is 9.52. The minimum absolute atomic E-state index is 0.190. The van der Waals surface area contributed by atoms with Crippen LogP contribution in [0.3, 0.4) is 0 Å². The van der Waals surface area contributed by atoms with Crippen molar-refractivity contribution in [3.8, 4) is 0 Å². The van der Waals surface area contributed by atoms with Crippen LogP contribution in [0.4, 0.5) is 5.82 Å². The van der Waals surface area contributed by atoms with Crippen molar-refractivity contribution in [1.29, 1.82) is 0 Å². The third-order valence-corrected chi connectivity index (χ3v) is 2.40. The summed E-state index contributed by atoms with van der Waals surface area (Å²) in [5.74, 6) is 0.830. The van der Waals surface area contributed by atoms with Crippen LogP contribution in [0, 0.1) is 3.57 Å². The maximum absolute atomic E-state index is 8.71. The van der Waals surface area contributed by atoms with Gasteiger partial charge in [0.15, 0.2) is 0 Å². The van der Waals surface area contributed by atoms with Gasteiger partial charge in [-0.3, -0.25) is 0 Å². The number of nitrogens with zero attached hydrogens (tertiary/aromatic N) is 2. The number of aliphatic hydroxyl groups is 1. The van der Waals surface area contributed by atoms with Gasteiger partial charge in [0.25, 0.3) is 0 Å². The quantitative estimate of drug-likeness (QED) is 0.821. The van der Waals surface area contributed by atoms with Gasteiger partial charge in [-0.25, -0.2) is 9.97 Å². The van der Waals surface area contributed by atoms with Crippen molar-refractivity contribution in [2.45, 2.75) is 19.4 Å². The molecule has 0 spiro atoms. The van der Waals surface area contributed by atoms with Gasteiger partial charge in [-0.1, -0.05) is 0 Å². The van der Waals surface area contributed by atoms with Crippen molar-refractivity contribution in [2.75, 3.05) is 11.9 Å². The Morgan fingerprint density at radius 2 is 2.46 bits per heavy atom. The standard InChI is InChI=1S/C8H12IN3O/c1-6(2-3-13)12-8-7(9)4-10-5-11-8/h4-6,13H,2-3H2,1H3,(H,10,11,12). The van der Waals surface area contributed by atoms with Crippen LogP contribution < -0.4 is 5.32 Å². The Hall–Kier alpha value is -0.430. The molecule has 1 rings (SSSR count). The molecule has 0 bridgehead atoms. The highest BCUT2D eigenvalue weighted by atomic mass is 127. The molecule has 1 heterocycles. The first-order valence-electron chi connectivity index (χ1n) is 4.07. The maximum Gasteiger partial charge on any atom is 0.143 e. The molecule has 0 amide bonds. The Labute approximate surface area is 90.9 Å². The fraction of sp³-hybridized carbons (Fsp3) is 0.500. The van der Waals surface area contributed by atoms with Crippen molar-refractivity contribution >= 4 is 28.4 Å². The molecular weight excluding hydrogens is 281 g/mol. The monoisotopic (exact) mass is 293 g/mol. The van der Waals surface area contributed by atoms with Crippen LogP contribution >= 0.6 is 22.6 Å². The lowest BCUT2D eigenvalue weighted by atomic mass is 10.2. The summed E-state index contributed by atoms with van der Waals surface area (Å²) in [6.45, 7) is 2.20. The van der Waals surface area contributed by atoms with Gasteiger partial charge < -0.3 is 10.4 Å². The molecule has 13 heavy (non-hydrogen) atoms. The molecule has 0 aromatic carbocycles. The molecule has 0 saturated heterocycles. The van der Waals surface area contributed by atoms with E-state index in [0.29, 0.717) is 0 Å². The Bertz CT molecular complexity index is 269. The summed E-state index contributed by atoms with van der Waals surface area (Å²) in [6, 6.07) is 0.230. The second-order valence-corrected chi connectivity index (χ2v) is 3.94. The minimum atomic E-state index is 0.190. The first kappa shape index (κ1) is 10.6. The summed E-state index contributed by atoms with van der Waals surface area (Å²) in [7, 11) is 0. The van der Waals surface area contributed by atoms with Crippen LogP contribution in [0.1, 0.15) is 13.3 Å². The maximum atomic E-state index is 8.71. The predicted molar refractivity (Wildman–Crippen MR) is 59.5 cm³/mol. The van der Waals surface area contributed by atoms with E-state index in [1.54, 1.807) is 6.20 Å². The number of aromatic nitrogens is 2. The van der Waals surface area contributed by atoms with E-state index in [1.807, 2.05) is 6.92 Å². The normalized spacial score (nSPS) is 12.5. The van der Waals surface area contributed by atoms with E-state index in [0.717, 1.165) is 15.8 Å². The lowest BCUT2D eigenvalue weighted by molar-refractivity contribution is 0.282. The number of nitrogens with one attached hydrogen (secondary N) is 1. The Kier molecular flexibility index (Phi) is 4.37. The smallest absolute Gasteiger partial charge is 0.143 e. The van der Waals surface area contributed by atoms with Crippen molar-refractivity contribution < 1.29 is 5.11 Å². The molecule has 0 aliphatic rings. The van der Waals surface area contributed by atoms with Gasteiger partial charge in [0.05, 0.1) is 3.57 Å². The number of rotatable bonds is 4. The predicted octanol–water partition coefficient (Wildman–Crippen LogP) is 1.26. The highest BCUT2D eigenvalue weighted by Gasteiger charge is 2.04. The highest BCUT2D eigenvalue weighted by Crippen LogP contribution is 2.13. The number of anilines is 1. The van der Waals surface area contributed by atoms with Crippen LogP contribution in [0.5, 0.6) is 0 Å². The van der Waals surface area contributed by atoms with E-state index in [9.17, 15) is 0 Å². The van der Waals surface area contributed by atoms with Gasteiger partial charge in [-0.2, -0.15) is 0 Å². The summed E-state index contributed by atoms with van der Waals surface area (Å²) < 4.78 is 0.991. The average Bonchev–Trinajstić information content (AvgIpc) is 2.09. The molecule has 1 aromatic heterocycles. The van der Waals surface area contributed by atoms with E-state index < -0.39 is 0 Å². The van der Waals surface area contributed by atoms with Gasteiger partial charge in [0, 0.05) is 18.8 Å². The number of hydrogen-bond donors (Lipinski definition) is 2. The summed E-state index contributed by atoms with van der Waals surface area (Å²) >= 11 is 2.17. The van der Waals surface area contributed by atoms with Crippen LogP contribution in [0.2, 0.25) is 0 Å². The molecule has 0 radical (unpaired) electrons. The second-order valence-electron chi connectivity index (χ2n) is 2.78. The molecule has 0 saturated carbocycles. The van der Waals surface area contributed by atoms with E-state index in [2.05, 4.69) is 37.9 Å². The largest absolute Gasteiger partial charge is 0.396 e. The van der Waals surface area contributed by atoms with Gasteiger partial charge in [0.1, 0.15) is 12.1 Å². The van der Waals surface area contributed by atoms with E-state index in [-0.39, 0.29) is 12.6 Å². The molecule has 1 aromatic rings. The lowest BCUT2D eigenvalue weighted by Gasteiger charge is -2.13. The zero-order valence-electron chi connectivity index (χ0n) is 7.37. The zero-order chi connectivity index (χ0) is 9.68. The van der Waals surface area contributed by atoms with E-state index in [4.69, 9.17) is 5.11 Å².